The van der Waals surface area contributed by atoms with E-state index in [1.54, 1.807) is 0 Å². The molecule has 1 nitrogen and oxygen atoms in total. The van der Waals surface area contributed by atoms with Crippen molar-refractivity contribution in [2.75, 3.05) is 0 Å². The Labute approximate surface area is 179 Å². The number of aryl methyl sites for hydroxylation is 2. The number of hydrogen-bond acceptors (Lipinski definition) is 0. The van der Waals surface area contributed by atoms with Crippen molar-refractivity contribution in [1.29, 1.82) is 0 Å². The molecule has 0 bridgehead atoms. The second-order valence-electron chi connectivity index (χ2n) is 8.23. The molecule has 1 heterocycles. The molecule has 148 valence electrons. The van der Waals surface area contributed by atoms with Gasteiger partial charge in [0.15, 0.2) is 0 Å². The van der Waals surface area contributed by atoms with Crippen molar-refractivity contribution in [3.8, 4) is 11.1 Å². The summed E-state index contributed by atoms with van der Waals surface area (Å²) in [6.45, 7) is 6.50. The minimum Gasteiger partial charge on any atom is -0.316 e. The van der Waals surface area contributed by atoms with Crippen LogP contribution in [0.25, 0.3) is 33.8 Å². The second-order valence-corrected chi connectivity index (χ2v) is 8.23. The Bertz CT molecular complexity index is 1300. The Morgan fingerprint density at radius 1 is 0.933 bits per heavy atom. The van der Waals surface area contributed by atoms with Crippen molar-refractivity contribution in [2.45, 2.75) is 33.6 Å². The smallest absolute Gasteiger partial charge is 0.0541 e. The molecule has 0 unspecified atom stereocenters. The van der Waals surface area contributed by atoms with E-state index in [1.165, 1.54) is 55.7 Å². The predicted molar refractivity (Wildman–Crippen MR) is 131 cm³/mol. The average molecular weight is 390 g/mol. The Balaban J connectivity index is 1.69. The third kappa shape index (κ3) is 2.93. The molecule has 2 aliphatic carbocycles. The molecule has 0 spiro atoms. The molecular formula is C29H27N. The normalized spacial score (nSPS) is 15.6. The Kier molecular flexibility index (Phi) is 4.67. The number of allylic oxidation sites excluding steroid dienone is 9. The van der Waals surface area contributed by atoms with E-state index in [0.29, 0.717) is 0 Å². The third-order valence-corrected chi connectivity index (χ3v) is 6.27. The fourth-order valence-corrected chi connectivity index (χ4v) is 4.85. The van der Waals surface area contributed by atoms with E-state index in [2.05, 4.69) is 103 Å². The molecule has 0 saturated carbocycles. The van der Waals surface area contributed by atoms with Gasteiger partial charge >= 0.3 is 0 Å². The highest BCUT2D eigenvalue weighted by Gasteiger charge is 2.24. The van der Waals surface area contributed by atoms with E-state index in [1.807, 2.05) is 6.92 Å². The lowest BCUT2D eigenvalue weighted by atomic mass is 9.92. The maximum atomic E-state index is 2.51. The molecule has 1 heteroatoms. The quantitative estimate of drug-likeness (QED) is 0.401. The van der Waals surface area contributed by atoms with Crippen LogP contribution in [0.15, 0.2) is 84.5 Å². The number of nitrogens with zero attached hydrogens (tertiary/aromatic N) is 1. The van der Waals surface area contributed by atoms with Gasteiger partial charge in [0, 0.05) is 35.2 Å². The second kappa shape index (κ2) is 7.50. The summed E-state index contributed by atoms with van der Waals surface area (Å²) in [7, 11) is 0. The highest BCUT2D eigenvalue weighted by Crippen LogP contribution is 2.43. The van der Waals surface area contributed by atoms with Crippen molar-refractivity contribution < 1.29 is 0 Å². The summed E-state index contributed by atoms with van der Waals surface area (Å²) in [5.41, 5.74) is 12.3. The zero-order chi connectivity index (χ0) is 20.7. The lowest BCUT2D eigenvalue weighted by Gasteiger charge is -2.14. The molecule has 2 aromatic carbocycles. The molecule has 30 heavy (non-hydrogen) atoms. The Morgan fingerprint density at radius 2 is 1.80 bits per heavy atom. The molecule has 0 N–H and O–H groups in total. The first-order chi connectivity index (χ1) is 14.7. The fourth-order valence-electron chi connectivity index (χ4n) is 4.85. The molecule has 0 amide bonds. The summed E-state index contributed by atoms with van der Waals surface area (Å²) < 4.78 is 2.51. The lowest BCUT2D eigenvalue weighted by molar-refractivity contribution is 1.00. The minimum absolute atomic E-state index is 0.970. The highest BCUT2D eigenvalue weighted by atomic mass is 15.0. The van der Waals surface area contributed by atoms with Gasteiger partial charge in [0.25, 0.3) is 0 Å². The molecule has 0 fully saturated rings. The number of rotatable bonds is 4. The maximum Gasteiger partial charge on any atom is 0.0541 e. The standard InChI is InChI=1S/C29H27N/c1-4-5-6-11-22-16-17-23(19-22)30-26-14-9-13-25(26)29-27(30)18-15-21(3)28(29)24-12-8-7-10-20(24)2/h4-13,15-18H,14,19H2,1-3H3/b5-4-,11-6-. The van der Waals surface area contributed by atoms with Crippen LogP contribution in [0.3, 0.4) is 0 Å². The van der Waals surface area contributed by atoms with Gasteiger partial charge < -0.3 is 4.57 Å². The summed E-state index contributed by atoms with van der Waals surface area (Å²) in [6, 6.07) is 13.4. The van der Waals surface area contributed by atoms with Crippen LogP contribution in [0.5, 0.6) is 0 Å². The van der Waals surface area contributed by atoms with Gasteiger partial charge in [-0.2, -0.15) is 0 Å². The first-order valence-corrected chi connectivity index (χ1v) is 10.8. The van der Waals surface area contributed by atoms with E-state index in [4.69, 9.17) is 0 Å². The van der Waals surface area contributed by atoms with Gasteiger partial charge in [-0.05, 0) is 60.7 Å². The highest BCUT2D eigenvalue weighted by molar-refractivity contribution is 6.06. The topological polar surface area (TPSA) is 4.93 Å². The van der Waals surface area contributed by atoms with E-state index >= 15 is 0 Å². The number of aromatic nitrogens is 1. The van der Waals surface area contributed by atoms with Crippen molar-refractivity contribution in [3.05, 3.63) is 107 Å². The molecule has 0 aliphatic heterocycles. The zero-order valence-corrected chi connectivity index (χ0v) is 17.9. The third-order valence-electron chi connectivity index (χ3n) is 6.27. The molecular weight excluding hydrogens is 362 g/mol. The van der Waals surface area contributed by atoms with Crippen molar-refractivity contribution >= 4 is 22.7 Å². The van der Waals surface area contributed by atoms with Gasteiger partial charge in [0.2, 0.25) is 0 Å². The van der Waals surface area contributed by atoms with E-state index in [-0.39, 0.29) is 0 Å². The molecule has 0 radical (unpaired) electrons. The monoisotopic (exact) mass is 389 g/mol. The number of hydrogen-bond donors (Lipinski definition) is 0. The zero-order valence-electron chi connectivity index (χ0n) is 17.9. The van der Waals surface area contributed by atoms with Crippen LogP contribution in [-0.2, 0) is 6.42 Å². The van der Waals surface area contributed by atoms with Crippen LogP contribution in [0.1, 0.15) is 35.7 Å². The van der Waals surface area contributed by atoms with Gasteiger partial charge in [-0.3, -0.25) is 0 Å². The predicted octanol–water partition coefficient (Wildman–Crippen LogP) is 7.80. The molecule has 0 atom stereocenters. The van der Waals surface area contributed by atoms with E-state index in [0.717, 1.165) is 12.8 Å². The van der Waals surface area contributed by atoms with Crippen molar-refractivity contribution in [2.24, 2.45) is 0 Å². The van der Waals surface area contributed by atoms with Crippen LogP contribution >= 0.6 is 0 Å². The first-order valence-electron chi connectivity index (χ1n) is 10.8. The van der Waals surface area contributed by atoms with E-state index < -0.39 is 0 Å². The Hall–Kier alpha value is -3.32. The van der Waals surface area contributed by atoms with Crippen LogP contribution in [-0.4, -0.2) is 4.57 Å². The SMILES string of the molecule is C/C=C\C=C/C1=CC=C(n2c3c(c4c(-c5ccccc5C)c(C)ccc42)C=CC3)C1. The van der Waals surface area contributed by atoms with Gasteiger partial charge in [-0.15, -0.1) is 0 Å². The van der Waals surface area contributed by atoms with Crippen LogP contribution < -0.4 is 0 Å². The molecule has 0 saturated heterocycles. The summed E-state index contributed by atoms with van der Waals surface area (Å²) in [5, 5.41) is 1.40. The molecule has 2 aliphatic rings. The fraction of sp³-hybridized carbons (Fsp3) is 0.172. The summed E-state index contributed by atoms with van der Waals surface area (Å²) in [6.07, 6.45) is 19.6. The first kappa shape index (κ1) is 18.7. The molecule has 1 aromatic heterocycles. The maximum absolute atomic E-state index is 2.51. The number of fused-ring (bicyclic) bond motifs is 3. The number of benzene rings is 2. The largest absolute Gasteiger partial charge is 0.316 e. The summed E-state index contributed by atoms with van der Waals surface area (Å²) in [4.78, 5) is 0. The van der Waals surface area contributed by atoms with Gasteiger partial charge in [0.1, 0.15) is 0 Å². The van der Waals surface area contributed by atoms with Gasteiger partial charge in [0.05, 0.1) is 5.52 Å². The van der Waals surface area contributed by atoms with Gasteiger partial charge in [-0.1, -0.05) is 72.9 Å². The van der Waals surface area contributed by atoms with Crippen LogP contribution in [0.4, 0.5) is 0 Å². The van der Waals surface area contributed by atoms with E-state index in [9.17, 15) is 0 Å². The Morgan fingerprint density at radius 3 is 2.63 bits per heavy atom. The van der Waals surface area contributed by atoms with Crippen molar-refractivity contribution in [3.63, 3.8) is 0 Å². The molecule has 3 aromatic rings. The van der Waals surface area contributed by atoms with Crippen LogP contribution in [0, 0.1) is 13.8 Å². The van der Waals surface area contributed by atoms with Gasteiger partial charge in [-0.25, -0.2) is 0 Å². The lowest BCUT2D eigenvalue weighted by Crippen LogP contribution is -2.00. The summed E-state index contributed by atoms with van der Waals surface area (Å²) >= 11 is 0. The van der Waals surface area contributed by atoms with Crippen molar-refractivity contribution in [1.82, 2.24) is 4.57 Å². The van der Waals surface area contributed by atoms with Crippen LogP contribution in [0.2, 0.25) is 0 Å². The minimum atomic E-state index is 0.970. The molecule has 5 rings (SSSR count). The summed E-state index contributed by atoms with van der Waals surface area (Å²) in [5.74, 6) is 0. The average Bonchev–Trinajstić information content (AvgIpc) is 3.45.